The van der Waals surface area contributed by atoms with Crippen molar-refractivity contribution in [2.24, 2.45) is 5.92 Å². The van der Waals surface area contributed by atoms with Crippen molar-refractivity contribution >= 4 is 0 Å². The summed E-state index contributed by atoms with van der Waals surface area (Å²) in [6.45, 7) is 7.85. The summed E-state index contributed by atoms with van der Waals surface area (Å²) in [7, 11) is 1.82. The van der Waals surface area contributed by atoms with Gasteiger partial charge in [0.05, 0.1) is 6.10 Å². The highest BCUT2D eigenvalue weighted by atomic mass is 16.5. The van der Waals surface area contributed by atoms with Gasteiger partial charge in [-0.15, -0.1) is 0 Å². The van der Waals surface area contributed by atoms with Crippen molar-refractivity contribution < 1.29 is 4.74 Å². The third kappa shape index (κ3) is 6.06. The van der Waals surface area contributed by atoms with E-state index in [-0.39, 0.29) is 6.10 Å². The molecule has 0 radical (unpaired) electrons. The summed E-state index contributed by atoms with van der Waals surface area (Å²) < 4.78 is 5.79. The normalized spacial score (nSPS) is 14.4. The highest BCUT2D eigenvalue weighted by Gasteiger charge is 2.21. The number of methoxy groups -OCH3 is 1. The van der Waals surface area contributed by atoms with E-state index >= 15 is 0 Å². The molecule has 0 saturated carbocycles. The van der Waals surface area contributed by atoms with E-state index in [1.54, 1.807) is 0 Å². The summed E-state index contributed by atoms with van der Waals surface area (Å²) in [5.41, 5.74) is 1.27. The molecule has 2 atom stereocenters. The van der Waals surface area contributed by atoms with Gasteiger partial charge >= 0.3 is 0 Å². The highest BCUT2D eigenvalue weighted by molar-refractivity contribution is 5.19. The van der Waals surface area contributed by atoms with Crippen molar-refractivity contribution in [2.45, 2.75) is 58.6 Å². The van der Waals surface area contributed by atoms with Crippen LogP contribution in [0.25, 0.3) is 0 Å². The maximum atomic E-state index is 5.79. The molecule has 0 fully saturated rings. The largest absolute Gasteiger partial charge is 0.375 e. The number of rotatable bonds is 10. The van der Waals surface area contributed by atoms with Crippen LogP contribution in [0.5, 0.6) is 0 Å². The van der Waals surface area contributed by atoms with Crippen molar-refractivity contribution in [1.82, 2.24) is 5.32 Å². The molecule has 20 heavy (non-hydrogen) atoms. The Morgan fingerprint density at radius 3 is 2.35 bits per heavy atom. The van der Waals surface area contributed by atoms with Gasteiger partial charge < -0.3 is 10.1 Å². The Labute approximate surface area is 124 Å². The molecule has 0 aliphatic heterocycles. The van der Waals surface area contributed by atoms with Gasteiger partial charge in [0.15, 0.2) is 0 Å². The first-order valence-corrected chi connectivity index (χ1v) is 8.00. The Morgan fingerprint density at radius 2 is 1.80 bits per heavy atom. The lowest BCUT2D eigenvalue weighted by Gasteiger charge is -2.28. The quantitative estimate of drug-likeness (QED) is 0.676. The Hall–Kier alpha value is -0.860. The molecule has 0 heterocycles. The van der Waals surface area contributed by atoms with Gasteiger partial charge in [0.25, 0.3) is 0 Å². The van der Waals surface area contributed by atoms with Gasteiger partial charge in [0.1, 0.15) is 0 Å². The fourth-order valence-electron chi connectivity index (χ4n) is 2.61. The van der Waals surface area contributed by atoms with Crippen molar-refractivity contribution in [3.63, 3.8) is 0 Å². The number of nitrogens with one attached hydrogen (secondary N) is 1. The zero-order valence-electron chi connectivity index (χ0n) is 13.6. The molecule has 0 saturated heterocycles. The molecule has 1 aromatic carbocycles. The number of ether oxygens (including phenoxy) is 1. The molecule has 2 heteroatoms. The van der Waals surface area contributed by atoms with Crippen LogP contribution < -0.4 is 5.32 Å². The number of benzene rings is 1. The van der Waals surface area contributed by atoms with Crippen molar-refractivity contribution in [3.8, 4) is 0 Å². The van der Waals surface area contributed by atoms with E-state index in [0.29, 0.717) is 6.04 Å². The first-order chi connectivity index (χ1) is 9.69. The molecular formula is C18H31NO. The summed E-state index contributed by atoms with van der Waals surface area (Å²) in [5, 5.41) is 3.67. The lowest BCUT2D eigenvalue weighted by molar-refractivity contribution is 0.0637. The van der Waals surface area contributed by atoms with Crippen molar-refractivity contribution in [3.05, 3.63) is 35.9 Å². The molecule has 2 unspecified atom stereocenters. The Balaban J connectivity index is 2.67. The summed E-state index contributed by atoms with van der Waals surface area (Å²) in [6.07, 6.45) is 5.02. The smallest absolute Gasteiger partial charge is 0.0973 e. The molecule has 1 N–H and O–H groups in total. The lowest BCUT2D eigenvalue weighted by Crippen LogP contribution is -2.36. The van der Waals surface area contributed by atoms with Crippen molar-refractivity contribution in [2.75, 3.05) is 13.7 Å². The van der Waals surface area contributed by atoms with Gasteiger partial charge in [-0.25, -0.2) is 0 Å². The Bertz CT molecular complexity index is 337. The molecule has 114 valence electrons. The van der Waals surface area contributed by atoms with Gasteiger partial charge in [0.2, 0.25) is 0 Å². The van der Waals surface area contributed by atoms with Gasteiger partial charge in [-0.05, 0) is 30.9 Å². The van der Waals surface area contributed by atoms with Crippen LogP contribution in [0.2, 0.25) is 0 Å². The fraction of sp³-hybridized carbons (Fsp3) is 0.667. The average Bonchev–Trinajstić information content (AvgIpc) is 2.45. The van der Waals surface area contributed by atoms with Crippen LogP contribution in [0, 0.1) is 5.92 Å². The van der Waals surface area contributed by atoms with Crippen LogP contribution in [0.1, 0.15) is 58.1 Å². The zero-order chi connectivity index (χ0) is 14.8. The minimum absolute atomic E-state index is 0.148. The summed E-state index contributed by atoms with van der Waals surface area (Å²) in [5.74, 6) is 0.777. The molecule has 0 aromatic heterocycles. The maximum Gasteiger partial charge on any atom is 0.0973 e. The van der Waals surface area contributed by atoms with E-state index < -0.39 is 0 Å². The SMILES string of the molecule is CCCNC(CCCC(C)C)C(OC)c1ccccc1. The van der Waals surface area contributed by atoms with E-state index in [4.69, 9.17) is 4.74 Å². The van der Waals surface area contributed by atoms with Crippen LogP contribution in [-0.4, -0.2) is 19.7 Å². The third-order valence-corrected chi connectivity index (χ3v) is 3.70. The van der Waals surface area contributed by atoms with Crippen LogP contribution in [0.3, 0.4) is 0 Å². The molecule has 0 amide bonds. The molecule has 0 bridgehead atoms. The summed E-state index contributed by atoms with van der Waals surface area (Å²) in [6, 6.07) is 11.0. The second-order valence-electron chi connectivity index (χ2n) is 5.95. The van der Waals surface area contributed by atoms with Crippen LogP contribution in [-0.2, 0) is 4.74 Å². The van der Waals surface area contributed by atoms with E-state index in [9.17, 15) is 0 Å². The van der Waals surface area contributed by atoms with E-state index in [1.165, 1.54) is 24.8 Å². The molecule has 1 aromatic rings. The molecule has 0 spiro atoms. The Kier molecular flexibility index (Phi) is 8.56. The molecular weight excluding hydrogens is 246 g/mol. The number of hydrogen-bond acceptors (Lipinski definition) is 2. The monoisotopic (exact) mass is 277 g/mol. The second kappa shape index (κ2) is 9.95. The molecule has 1 rings (SSSR count). The van der Waals surface area contributed by atoms with E-state index in [1.807, 2.05) is 7.11 Å². The number of hydrogen-bond donors (Lipinski definition) is 1. The van der Waals surface area contributed by atoms with Gasteiger partial charge in [-0.2, -0.15) is 0 Å². The standard InChI is InChI=1S/C18H31NO/c1-5-14-19-17(13-9-10-15(2)3)18(20-4)16-11-7-6-8-12-16/h6-8,11-12,15,17-19H,5,9-10,13-14H2,1-4H3. The van der Waals surface area contributed by atoms with Gasteiger partial charge in [-0.1, -0.05) is 63.9 Å². The molecule has 0 aliphatic carbocycles. The topological polar surface area (TPSA) is 21.3 Å². The molecule has 0 aliphatic rings. The average molecular weight is 277 g/mol. The summed E-state index contributed by atoms with van der Waals surface area (Å²) in [4.78, 5) is 0. The van der Waals surface area contributed by atoms with E-state index in [2.05, 4.69) is 56.4 Å². The van der Waals surface area contributed by atoms with Crippen LogP contribution >= 0.6 is 0 Å². The van der Waals surface area contributed by atoms with Crippen molar-refractivity contribution in [1.29, 1.82) is 0 Å². The minimum atomic E-state index is 0.148. The van der Waals surface area contributed by atoms with E-state index in [0.717, 1.165) is 18.9 Å². The Morgan fingerprint density at radius 1 is 1.10 bits per heavy atom. The van der Waals surface area contributed by atoms with Crippen LogP contribution in [0.15, 0.2) is 30.3 Å². The second-order valence-corrected chi connectivity index (χ2v) is 5.95. The highest BCUT2D eigenvalue weighted by Crippen LogP contribution is 2.24. The summed E-state index contributed by atoms with van der Waals surface area (Å²) >= 11 is 0. The predicted octanol–water partition coefficient (Wildman–Crippen LogP) is 4.57. The minimum Gasteiger partial charge on any atom is -0.375 e. The van der Waals surface area contributed by atoms with Gasteiger partial charge in [0, 0.05) is 13.2 Å². The van der Waals surface area contributed by atoms with Gasteiger partial charge in [-0.3, -0.25) is 0 Å². The fourth-order valence-corrected chi connectivity index (χ4v) is 2.61. The maximum absolute atomic E-state index is 5.79. The first kappa shape index (κ1) is 17.2. The third-order valence-electron chi connectivity index (χ3n) is 3.70. The molecule has 2 nitrogen and oxygen atoms in total. The lowest BCUT2D eigenvalue weighted by atomic mass is 9.95. The van der Waals surface area contributed by atoms with Crippen LogP contribution in [0.4, 0.5) is 0 Å². The zero-order valence-corrected chi connectivity index (χ0v) is 13.6. The first-order valence-electron chi connectivity index (χ1n) is 8.00. The predicted molar refractivity (Wildman–Crippen MR) is 87.0 cm³/mol.